The molecule has 0 amide bonds. The zero-order valence-electron chi connectivity index (χ0n) is 10.3. The Bertz CT molecular complexity index is 513. The van der Waals surface area contributed by atoms with Crippen LogP contribution in [0.1, 0.15) is 12.8 Å². The first-order chi connectivity index (χ1) is 8.49. The Hall–Kier alpha value is -0.590. The van der Waals surface area contributed by atoms with Crippen molar-refractivity contribution in [2.24, 2.45) is 0 Å². The molecule has 0 spiro atoms. The van der Waals surface area contributed by atoms with E-state index in [9.17, 15) is 8.42 Å². The minimum Gasteiger partial charge on any atom is -0.313 e. The molecule has 1 aromatic carbocycles. The maximum atomic E-state index is 12.3. The van der Waals surface area contributed by atoms with Crippen molar-refractivity contribution in [2.75, 3.05) is 23.7 Å². The standard InChI is InChI=1S/C12H17BrN2O2S/c1-15(12-6-2-4-10(13)8-12)18(16,17)9-11-5-3-7-14-11/h2,4,6,8,11,14H,3,5,7,9H2,1H3. The zero-order chi connectivity index (χ0) is 13.2. The first-order valence-electron chi connectivity index (χ1n) is 5.94. The van der Waals surface area contributed by atoms with E-state index in [0.29, 0.717) is 5.69 Å². The minimum absolute atomic E-state index is 0.0876. The summed E-state index contributed by atoms with van der Waals surface area (Å²) in [6.45, 7) is 0.917. The Morgan fingerprint density at radius 1 is 1.50 bits per heavy atom. The molecule has 1 atom stereocenters. The van der Waals surface area contributed by atoms with Crippen LogP contribution in [0.2, 0.25) is 0 Å². The fraction of sp³-hybridized carbons (Fsp3) is 0.500. The Morgan fingerprint density at radius 2 is 2.28 bits per heavy atom. The average Bonchev–Trinajstić information content (AvgIpc) is 2.80. The Morgan fingerprint density at radius 3 is 2.89 bits per heavy atom. The van der Waals surface area contributed by atoms with Crippen LogP contribution < -0.4 is 9.62 Å². The van der Waals surface area contributed by atoms with Crippen molar-refractivity contribution in [1.29, 1.82) is 0 Å². The van der Waals surface area contributed by atoms with Gasteiger partial charge in [0.1, 0.15) is 0 Å². The average molecular weight is 333 g/mol. The van der Waals surface area contributed by atoms with Gasteiger partial charge in [0.05, 0.1) is 11.4 Å². The second-order valence-corrected chi connectivity index (χ2v) is 7.48. The second-order valence-electron chi connectivity index (χ2n) is 4.52. The van der Waals surface area contributed by atoms with Gasteiger partial charge in [-0.15, -0.1) is 0 Å². The molecule has 6 heteroatoms. The summed E-state index contributed by atoms with van der Waals surface area (Å²) in [5.74, 6) is 0.163. The number of benzene rings is 1. The Balaban J connectivity index is 2.13. The van der Waals surface area contributed by atoms with Crippen LogP contribution in [-0.4, -0.2) is 33.8 Å². The molecular weight excluding hydrogens is 316 g/mol. The molecule has 100 valence electrons. The van der Waals surface area contributed by atoms with E-state index in [1.165, 1.54) is 4.31 Å². The first-order valence-corrected chi connectivity index (χ1v) is 8.35. The lowest BCUT2D eigenvalue weighted by Gasteiger charge is -2.21. The van der Waals surface area contributed by atoms with E-state index in [-0.39, 0.29) is 11.8 Å². The van der Waals surface area contributed by atoms with Crippen LogP contribution in [-0.2, 0) is 10.0 Å². The molecule has 1 N–H and O–H groups in total. The lowest BCUT2D eigenvalue weighted by atomic mass is 10.3. The van der Waals surface area contributed by atoms with Gasteiger partial charge in [0.15, 0.2) is 0 Å². The highest BCUT2D eigenvalue weighted by molar-refractivity contribution is 9.10. The Labute approximate surface area is 117 Å². The van der Waals surface area contributed by atoms with Gasteiger partial charge in [-0.1, -0.05) is 22.0 Å². The van der Waals surface area contributed by atoms with Crippen molar-refractivity contribution >= 4 is 31.6 Å². The van der Waals surface area contributed by atoms with Crippen molar-refractivity contribution < 1.29 is 8.42 Å². The fourth-order valence-corrected chi connectivity index (χ4v) is 3.94. The summed E-state index contributed by atoms with van der Waals surface area (Å²) in [7, 11) is -1.66. The Kier molecular flexibility index (Phi) is 4.29. The molecule has 0 aromatic heterocycles. The number of rotatable bonds is 4. The highest BCUT2D eigenvalue weighted by Gasteiger charge is 2.25. The monoisotopic (exact) mass is 332 g/mol. The molecule has 1 heterocycles. The van der Waals surface area contributed by atoms with Crippen molar-refractivity contribution in [2.45, 2.75) is 18.9 Å². The summed E-state index contributed by atoms with van der Waals surface area (Å²) in [4.78, 5) is 0. The van der Waals surface area contributed by atoms with Crippen molar-refractivity contribution in [3.63, 3.8) is 0 Å². The molecular formula is C12H17BrN2O2S. The number of anilines is 1. The molecule has 18 heavy (non-hydrogen) atoms. The third-order valence-corrected chi connectivity index (χ3v) is 5.53. The lowest BCUT2D eigenvalue weighted by Crippen LogP contribution is -2.37. The summed E-state index contributed by atoms with van der Waals surface area (Å²) < 4.78 is 26.8. The summed E-state index contributed by atoms with van der Waals surface area (Å²) >= 11 is 3.35. The van der Waals surface area contributed by atoms with Crippen LogP contribution in [0.4, 0.5) is 5.69 Å². The van der Waals surface area contributed by atoms with E-state index < -0.39 is 10.0 Å². The first kappa shape index (κ1) is 13.8. The molecule has 0 aliphatic carbocycles. The molecule has 1 aliphatic heterocycles. The van der Waals surface area contributed by atoms with Gasteiger partial charge in [0.25, 0.3) is 0 Å². The quantitative estimate of drug-likeness (QED) is 0.917. The predicted molar refractivity (Wildman–Crippen MR) is 77.4 cm³/mol. The van der Waals surface area contributed by atoms with E-state index in [2.05, 4.69) is 21.2 Å². The summed E-state index contributed by atoms with van der Waals surface area (Å²) in [5.41, 5.74) is 0.683. The topological polar surface area (TPSA) is 49.4 Å². The van der Waals surface area contributed by atoms with Crippen molar-refractivity contribution in [3.05, 3.63) is 28.7 Å². The maximum Gasteiger partial charge on any atom is 0.236 e. The van der Waals surface area contributed by atoms with Gasteiger partial charge in [0.2, 0.25) is 10.0 Å². The van der Waals surface area contributed by atoms with Crippen molar-refractivity contribution in [1.82, 2.24) is 5.32 Å². The summed E-state index contributed by atoms with van der Waals surface area (Å²) in [6, 6.07) is 7.40. The van der Waals surface area contributed by atoms with Crippen LogP contribution in [0, 0.1) is 0 Å². The van der Waals surface area contributed by atoms with Gasteiger partial charge in [0, 0.05) is 17.6 Å². The molecule has 1 unspecified atom stereocenters. The maximum absolute atomic E-state index is 12.3. The molecule has 0 bridgehead atoms. The molecule has 2 rings (SSSR count). The lowest BCUT2D eigenvalue weighted by molar-refractivity contribution is 0.575. The van der Waals surface area contributed by atoms with Gasteiger partial charge in [-0.25, -0.2) is 8.42 Å². The van der Waals surface area contributed by atoms with E-state index in [0.717, 1.165) is 23.9 Å². The molecule has 1 fully saturated rings. The molecule has 1 saturated heterocycles. The SMILES string of the molecule is CN(c1cccc(Br)c1)S(=O)(=O)CC1CCCN1. The number of nitrogens with one attached hydrogen (secondary N) is 1. The van der Waals surface area contributed by atoms with Gasteiger partial charge in [-0.05, 0) is 37.6 Å². The summed E-state index contributed by atoms with van der Waals surface area (Å²) in [5, 5.41) is 3.22. The van der Waals surface area contributed by atoms with E-state index in [1.54, 1.807) is 19.2 Å². The van der Waals surface area contributed by atoms with Crippen LogP contribution in [0.25, 0.3) is 0 Å². The van der Waals surface area contributed by atoms with Gasteiger partial charge >= 0.3 is 0 Å². The fourth-order valence-electron chi connectivity index (χ4n) is 2.10. The number of nitrogens with zero attached hydrogens (tertiary/aromatic N) is 1. The van der Waals surface area contributed by atoms with Crippen LogP contribution in [0.15, 0.2) is 28.7 Å². The van der Waals surface area contributed by atoms with E-state index in [1.807, 2.05) is 12.1 Å². The molecule has 1 aliphatic rings. The van der Waals surface area contributed by atoms with E-state index >= 15 is 0 Å². The molecule has 4 nitrogen and oxygen atoms in total. The molecule has 1 aromatic rings. The number of halogens is 1. The smallest absolute Gasteiger partial charge is 0.236 e. The highest BCUT2D eigenvalue weighted by Crippen LogP contribution is 2.22. The van der Waals surface area contributed by atoms with Crippen LogP contribution in [0.3, 0.4) is 0 Å². The van der Waals surface area contributed by atoms with Gasteiger partial charge in [-0.3, -0.25) is 4.31 Å². The van der Waals surface area contributed by atoms with Crippen molar-refractivity contribution in [3.8, 4) is 0 Å². The molecule has 0 radical (unpaired) electrons. The number of hydrogen-bond donors (Lipinski definition) is 1. The van der Waals surface area contributed by atoms with Crippen LogP contribution in [0.5, 0.6) is 0 Å². The van der Waals surface area contributed by atoms with E-state index in [4.69, 9.17) is 0 Å². The van der Waals surface area contributed by atoms with Gasteiger partial charge < -0.3 is 5.32 Å². The number of sulfonamides is 1. The van der Waals surface area contributed by atoms with Gasteiger partial charge in [-0.2, -0.15) is 0 Å². The molecule has 0 saturated carbocycles. The third-order valence-electron chi connectivity index (χ3n) is 3.16. The normalized spacial score (nSPS) is 20.0. The summed E-state index contributed by atoms with van der Waals surface area (Å²) in [6.07, 6.45) is 1.99. The second kappa shape index (κ2) is 5.59. The largest absolute Gasteiger partial charge is 0.313 e. The number of hydrogen-bond acceptors (Lipinski definition) is 3. The zero-order valence-corrected chi connectivity index (χ0v) is 12.7. The highest BCUT2D eigenvalue weighted by atomic mass is 79.9. The minimum atomic E-state index is -3.26. The predicted octanol–water partition coefficient (Wildman–Crippen LogP) is 1.97. The third kappa shape index (κ3) is 3.24. The van der Waals surface area contributed by atoms with Crippen LogP contribution >= 0.6 is 15.9 Å².